The quantitative estimate of drug-likeness (QED) is 0.699. The Morgan fingerprint density at radius 1 is 1.19 bits per heavy atom. The molecule has 0 aromatic heterocycles. The Kier molecular flexibility index (Phi) is 4.27. The van der Waals surface area contributed by atoms with Gasteiger partial charge in [0.1, 0.15) is 0 Å². The van der Waals surface area contributed by atoms with Crippen molar-refractivity contribution in [3.8, 4) is 0 Å². The minimum absolute atomic E-state index is 0.234. The fraction of sp³-hybridized carbons (Fsp3) is 1.00. The van der Waals surface area contributed by atoms with Crippen LogP contribution in [0.1, 0.15) is 52.9 Å². The second-order valence-corrected chi connectivity index (χ2v) is 5.59. The first-order valence-electron chi connectivity index (χ1n) is 5.96. The van der Waals surface area contributed by atoms with Crippen LogP contribution in [-0.4, -0.2) is 12.5 Å². The lowest BCUT2D eigenvalue weighted by Crippen LogP contribution is -2.22. The van der Waals surface area contributed by atoms with E-state index in [1.807, 2.05) is 0 Å². The molecule has 2 atom stereocenters. The third kappa shape index (κ3) is 4.73. The topological polar surface area (TPSA) is 9.23 Å². The molecule has 1 saturated carbocycles. The van der Waals surface area contributed by atoms with E-state index in [0.717, 1.165) is 19.3 Å². The van der Waals surface area contributed by atoms with Crippen molar-refractivity contribution in [2.24, 2.45) is 11.3 Å². The van der Waals surface area contributed by atoms with E-state index >= 15 is 0 Å². The third-order valence-electron chi connectivity index (χ3n) is 3.59. The van der Waals surface area contributed by atoms with Crippen LogP contribution in [0.15, 0.2) is 0 Å². The molecule has 1 aliphatic rings. The van der Waals surface area contributed by atoms with Crippen LogP contribution in [0, 0.1) is 11.3 Å². The molecule has 1 rings (SSSR count). The van der Waals surface area contributed by atoms with Gasteiger partial charge >= 0.3 is 6.36 Å². The van der Waals surface area contributed by atoms with Gasteiger partial charge < -0.3 is 0 Å². The minimum atomic E-state index is -4.47. The van der Waals surface area contributed by atoms with E-state index < -0.39 is 12.5 Å². The van der Waals surface area contributed by atoms with E-state index in [4.69, 9.17) is 0 Å². The smallest absolute Gasteiger partial charge is 0.289 e. The van der Waals surface area contributed by atoms with Crippen LogP contribution in [-0.2, 0) is 4.74 Å². The summed E-state index contributed by atoms with van der Waals surface area (Å²) in [7, 11) is 0. The molecule has 1 nitrogen and oxygen atoms in total. The number of alkyl halides is 3. The van der Waals surface area contributed by atoms with E-state index in [2.05, 4.69) is 25.5 Å². The molecule has 0 spiro atoms. The Morgan fingerprint density at radius 2 is 1.81 bits per heavy atom. The zero-order valence-corrected chi connectivity index (χ0v) is 10.2. The van der Waals surface area contributed by atoms with Gasteiger partial charge in [-0.3, -0.25) is 4.74 Å². The zero-order chi connectivity index (χ0) is 12.4. The summed E-state index contributed by atoms with van der Waals surface area (Å²) in [5.74, 6) is 0.391. The van der Waals surface area contributed by atoms with E-state index in [9.17, 15) is 13.2 Å². The molecule has 4 heteroatoms. The summed E-state index contributed by atoms with van der Waals surface area (Å²) >= 11 is 0. The summed E-state index contributed by atoms with van der Waals surface area (Å²) < 4.78 is 40.1. The first kappa shape index (κ1) is 13.8. The molecule has 0 saturated heterocycles. The van der Waals surface area contributed by atoms with E-state index in [0.29, 0.717) is 18.8 Å². The lowest BCUT2D eigenvalue weighted by atomic mass is 9.80. The Bertz CT molecular complexity index is 223. The molecular weight excluding hydrogens is 217 g/mol. The molecule has 0 aromatic rings. The van der Waals surface area contributed by atoms with Crippen LogP contribution in [0.25, 0.3) is 0 Å². The fourth-order valence-electron chi connectivity index (χ4n) is 2.44. The van der Waals surface area contributed by atoms with Gasteiger partial charge in [-0.15, -0.1) is 13.2 Å². The summed E-state index contributed by atoms with van der Waals surface area (Å²) in [4.78, 5) is 0. The molecule has 0 heterocycles. The maximum absolute atomic E-state index is 12.0. The van der Waals surface area contributed by atoms with Crippen molar-refractivity contribution in [1.82, 2.24) is 0 Å². The molecule has 0 amide bonds. The molecule has 0 N–H and O–H groups in total. The summed E-state index contributed by atoms with van der Waals surface area (Å²) in [6, 6.07) is 0. The summed E-state index contributed by atoms with van der Waals surface area (Å²) in [5.41, 5.74) is 0.234. The van der Waals surface area contributed by atoms with Crippen LogP contribution in [0.2, 0.25) is 0 Å². The molecule has 1 aliphatic carbocycles. The van der Waals surface area contributed by atoms with Crippen molar-refractivity contribution in [3.05, 3.63) is 0 Å². The summed E-state index contributed by atoms with van der Waals surface area (Å²) in [6.07, 6.45) is -1.05. The Labute approximate surface area is 95.4 Å². The van der Waals surface area contributed by atoms with Crippen LogP contribution in [0.3, 0.4) is 0 Å². The van der Waals surface area contributed by atoms with Crippen molar-refractivity contribution in [3.63, 3.8) is 0 Å². The highest BCUT2D eigenvalue weighted by Crippen LogP contribution is 2.39. The van der Waals surface area contributed by atoms with E-state index in [1.165, 1.54) is 0 Å². The van der Waals surface area contributed by atoms with Gasteiger partial charge in [-0.1, -0.05) is 27.2 Å². The van der Waals surface area contributed by atoms with Gasteiger partial charge in [0.25, 0.3) is 0 Å². The van der Waals surface area contributed by atoms with Crippen LogP contribution >= 0.6 is 0 Å². The molecule has 0 aromatic carbocycles. The van der Waals surface area contributed by atoms with Crippen LogP contribution < -0.4 is 0 Å². The lowest BCUT2D eigenvalue weighted by Gasteiger charge is -2.26. The number of hydrogen-bond donors (Lipinski definition) is 0. The second-order valence-electron chi connectivity index (χ2n) is 5.59. The highest BCUT2D eigenvalue weighted by molar-refractivity contribution is 4.81. The highest BCUT2D eigenvalue weighted by atomic mass is 19.4. The molecule has 0 bridgehead atoms. The van der Waals surface area contributed by atoms with Crippen molar-refractivity contribution in [2.75, 3.05) is 0 Å². The number of halogens is 3. The van der Waals surface area contributed by atoms with Gasteiger partial charge in [-0.05, 0) is 37.0 Å². The van der Waals surface area contributed by atoms with Crippen LogP contribution in [0.5, 0.6) is 0 Å². The third-order valence-corrected chi connectivity index (χ3v) is 3.59. The standard InChI is InChI=1S/C12H21F3O/c1-4-11(2,3)8-9-5-6-10(7-9)16-12(13,14)15/h9-10H,4-8H2,1-3H3. The van der Waals surface area contributed by atoms with Crippen molar-refractivity contribution >= 4 is 0 Å². The molecule has 96 valence electrons. The fourth-order valence-corrected chi connectivity index (χ4v) is 2.44. The van der Waals surface area contributed by atoms with Gasteiger partial charge in [-0.2, -0.15) is 0 Å². The minimum Gasteiger partial charge on any atom is -0.289 e. The lowest BCUT2D eigenvalue weighted by molar-refractivity contribution is -0.341. The first-order chi connectivity index (χ1) is 7.22. The zero-order valence-electron chi connectivity index (χ0n) is 10.2. The predicted molar refractivity (Wildman–Crippen MR) is 57.0 cm³/mol. The second kappa shape index (κ2) is 4.94. The van der Waals surface area contributed by atoms with Crippen LogP contribution in [0.4, 0.5) is 13.2 Å². The average Bonchev–Trinajstić information content (AvgIpc) is 2.48. The molecule has 0 radical (unpaired) electrons. The highest BCUT2D eigenvalue weighted by Gasteiger charge is 2.38. The summed E-state index contributed by atoms with van der Waals surface area (Å²) in [5, 5.41) is 0. The van der Waals surface area contributed by atoms with Crippen molar-refractivity contribution in [2.45, 2.75) is 65.3 Å². The number of hydrogen-bond acceptors (Lipinski definition) is 1. The van der Waals surface area contributed by atoms with E-state index in [-0.39, 0.29) is 5.41 Å². The van der Waals surface area contributed by atoms with Gasteiger partial charge in [-0.25, -0.2) is 0 Å². The Hall–Kier alpha value is -0.250. The van der Waals surface area contributed by atoms with Crippen molar-refractivity contribution < 1.29 is 17.9 Å². The molecule has 1 fully saturated rings. The number of ether oxygens (including phenoxy) is 1. The maximum atomic E-state index is 12.0. The average molecular weight is 238 g/mol. The molecule has 0 aliphatic heterocycles. The van der Waals surface area contributed by atoms with Gasteiger partial charge in [0, 0.05) is 0 Å². The monoisotopic (exact) mass is 238 g/mol. The molecule has 16 heavy (non-hydrogen) atoms. The van der Waals surface area contributed by atoms with Crippen molar-refractivity contribution in [1.29, 1.82) is 0 Å². The Morgan fingerprint density at radius 3 is 2.31 bits per heavy atom. The Balaban J connectivity index is 2.36. The first-order valence-corrected chi connectivity index (χ1v) is 5.96. The largest absolute Gasteiger partial charge is 0.522 e. The predicted octanol–water partition coefficient (Wildman–Crippen LogP) is 4.52. The van der Waals surface area contributed by atoms with Gasteiger partial charge in [0.15, 0.2) is 0 Å². The normalized spacial score (nSPS) is 27.4. The van der Waals surface area contributed by atoms with Gasteiger partial charge in [0.2, 0.25) is 0 Å². The molecule has 2 unspecified atom stereocenters. The van der Waals surface area contributed by atoms with E-state index in [1.54, 1.807) is 0 Å². The summed E-state index contributed by atoms with van der Waals surface area (Å²) in [6.45, 7) is 6.47. The number of rotatable bonds is 4. The molecular formula is C12H21F3O. The van der Waals surface area contributed by atoms with Gasteiger partial charge in [0.05, 0.1) is 6.10 Å². The SMILES string of the molecule is CCC(C)(C)CC1CCC(OC(F)(F)F)C1. The maximum Gasteiger partial charge on any atom is 0.522 e.